The number of rotatable bonds is 4. The van der Waals surface area contributed by atoms with Crippen molar-refractivity contribution < 1.29 is 14.0 Å². The SMILES string of the molecule is CC(NC(=O)C1CCN(C(=O)c2ccc(F)cc2)CC1)c1ccc2ccccc2c1. The molecule has 3 aromatic rings. The van der Waals surface area contributed by atoms with E-state index < -0.39 is 0 Å². The highest BCUT2D eigenvalue weighted by Crippen LogP contribution is 2.23. The van der Waals surface area contributed by atoms with Crippen molar-refractivity contribution in [2.24, 2.45) is 5.92 Å². The third-order valence-corrected chi connectivity index (χ3v) is 5.88. The maximum absolute atomic E-state index is 13.1. The van der Waals surface area contributed by atoms with Crippen molar-refractivity contribution in [3.05, 3.63) is 83.7 Å². The summed E-state index contributed by atoms with van der Waals surface area (Å²) in [6.45, 7) is 3.05. The lowest BCUT2D eigenvalue weighted by Crippen LogP contribution is -2.43. The van der Waals surface area contributed by atoms with E-state index >= 15 is 0 Å². The fraction of sp³-hybridized carbons (Fsp3) is 0.280. The first-order valence-electron chi connectivity index (χ1n) is 10.3. The van der Waals surface area contributed by atoms with Crippen LogP contribution in [0.4, 0.5) is 4.39 Å². The van der Waals surface area contributed by atoms with Gasteiger partial charge in [-0.15, -0.1) is 0 Å². The van der Waals surface area contributed by atoms with Crippen LogP contribution in [-0.4, -0.2) is 29.8 Å². The van der Waals surface area contributed by atoms with Crippen molar-refractivity contribution in [2.45, 2.75) is 25.8 Å². The van der Waals surface area contributed by atoms with E-state index in [0.29, 0.717) is 31.5 Å². The first-order chi connectivity index (χ1) is 14.5. The van der Waals surface area contributed by atoms with Gasteiger partial charge in [-0.25, -0.2) is 4.39 Å². The second-order valence-electron chi connectivity index (χ2n) is 7.91. The summed E-state index contributed by atoms with van der Waals surface area (Å²) in [5.41, 5.74) is 1.55. The molecule has 1 fully saturated rings. The number of piperidine rings is 1. The molecule has 3 aromatic carbocycles. The smallest absolute Gasteiger partial charge is 0.253 e. The Labute approximate surface area is 175 Å². The van der Waals surface area contributed by atoms with E-state index in [1.54, 1.807) is 4.90 Å². The number of nitrogens with one attached hydrogen (secondary N) is 1. The number of likely N-dealkylation sites (tertiary alicyclic amines) is 1. The molecule has 1 heterocycles. The molecule has 5 heteroatoms. The Morgan fingerprint density at radius 2 is 1.63 bits per heavy atom. The van der Waals surface area contributed by atoms with Gasteiger partial charge in [0.05, 0.1) is 6.04 Å². The molecule has 30 heavy (non-hydrogen) atoms. The first-order valence-corrected chi connectivity index (χ1v) is 10.3. The number of halogens is 1. The van der Waals surface area contributed by atoms with Crippen molar-refractivity contribution in [3.63, 3.8) is 0 Å². The monoisotopic (exact) mass is 404 g/mol. The summed E-state index contributed by atoms with van der Waals surface area (Å²) in [7, 11) is 0. The number of hydrogen-bond acceptors (Lipinski definition) is 2. The number of fused-ring (bicyclic) bond motifs is 1. The Morgan fingerprint density at radius 3 is 2.33 bits per heavy atom. The van der Waals surface area contributed by atoms with Gasteiger partial charge in [-0.1, -0.05) is 36.4 Å². The van der Waals surface area contributed by atoms with Crippen LogP contribution < -0.4 is 5.32 Å². The minimum absolute atomic E-state index is 0.0320. The van der Waals surface area contributed by atoms with Crippen LogP contribution >= 0.6 is 0 Å². The van der Waals surface area contributed by atoms with Crippen LogP contribution in [0, 0.1) is 11.7 Å². The molecule has 2 amide bonds. The maximum atomic E-state index is 13.1. The minimum atomic E-state index is -0.359. The average molecular weight is 404 g/mol. The summed E-state index contributed by atoms with van der Waals surface area (Å²) in [6, 6.07) is 19.9. The quantitative estimate of drug-likeness (QED) is 0.685. The molecule has 1 saturated heterocycles. The van der Waals surface area contributed by atoms with Crippen LogP contribution in [0.2, 0.25) is 0 Å². The van der Waals surface area contributed by atoms with E-state index in [1.165, 1.54) is 29.7 Å². The Kier molecular flexibility index (Phi) is 5.79. The van der Waals surface area contributed by atoms with E-state index in [0.717, 1.165) is 10.9 Å². The summed E-state index contributed by atoms with van der Waals surface area (Å²) in [6.07, 6.45) is 1.26. The molecule has 0 aliphatic carbocycles. The molecule has 0 spiro atoms. The molecule has 1 N–H and O–H groups in total. The summed E-state index contributed by atoms with van der Waals surface area (Å²) in [4.78, 5) is 27.1. The fourth-order valence-corrected chi connectivity index (χ4v) is 4.01. The number of benzene rings is 3. The van der Waals surface area contributed by atoms with Gasteiger partial charge in [0.15, 0.2) is 0 Å². The Hall–Kier alpha value is -3.21. The Morgan fingerprint density at radius 1 is 0.967 bits per heavy atom. The topological polar surface area (TPSA) is 49.4 Å². The van der Waals surface area contributed by atoms with Gasteiger partial charge in [0.1, 0.15) is 5.82 Å². The predicted molar refractivity (Wildman–Crippen MR) is 116 cm³/mol. The Bertz CT molecular complexity index is 1060. The molecule has 4 rings (SSSR count). The highest BCUT2D eigenvalue weighted by molar-refractivity contribution is 5.94. The van der Waals surface area contributed by atoms with E-state index in [-0.39, 0.29) is 29.6 Å². The van der Waals surface area contributed by atoms with Crippen molar-refractivity contribution >= 4 is 22.6 Å². The Balaban J connectivity index is 1.33. The van der Waals surface area contributed by atoms with Crippen LogP contribution in [0.25, 0.3) is 10.8 Å². The lowest BCUT2D eigenvalue weighted by atomic mass is 9.94. The van der Waals surface area contributed by atoms with Crippen molar-refractivity contribution in [1.29, 1.82) is 0 Å². The first kappa shape index (κ1) is 20.1. The van der Waals surface area contributed by atoms with Gasteiger partial charge < -0.3 is 10.2 Å². The number of nitrogens with zero attached hydrogens (tertiary/aromatic N) is 1. The molecule has 4 nitrogen and oxygen atoms in total. The molecule has 0 radical (unpaired) electrons. The van der Waals surface area contributed by atoms with Gasteiger partial charge >= 0.3 is 0 Å². The van der Waals surface area contributed by atoms with Gasteiger partial charge in [-0.2, -0.15) is 0 Å². The van der Waals surface area contributed by atoms with E-state index in [2.05, 4.69) is 35.6 Å². The van der Waals surface area contributed by atoms with Crippen molar-refractivity contribution in [2.75, 3.05) is 13.1 Å². The molecule has 1 aliphatic rings. The molecular formula is C25H25FN2O2. The third kappa shape index (κ3) is 4.35. The maximum Gasteiger partial charge on any atom is 0.253 e. The number of hydrogen-bond donors (Lipinski definition) is 1. The van der Waals surface area contributed by atoms with E-state index in [1.807, 2.05) is 19.1 Å². The number of carbonyl (C=O) groups is 2. The lowest BCUT2D eigenvalue weighted by Gasteiger charge is -2.32. The van der Waals surface area contributed by atoms with Gasteiger partial charge in [-0.05, 0) is 66.4 Å². The van der Waals surface area contributed by atoms with Crippen LogP contribution in [0.3, 0.4) is 0 Å². The zero-order valence-electron chi connectivity index (χ0n) is 17.0. The highest BCUT2D eigenvalue weighted by Gasteiger charge is 2.28. The molecule has 1 aliphatic heterocycles. The van der Waals surface area contributed by atoms with Crippen LogP contribution in [0.5, 0.6) is 0 Å². The highest BCUT2D eigenvalue weighted by atomic mass is 19.1. The number of amides is 2. The molecule has 1 atom stereocenters. The van der Waals surface area contributed by atoms with Gasteiger partial charge in [-0.3, -0.25) is 9.59 Å². The van der Waals surface area contributed by atoms with Crippen molar-refractivity contribution in [3.8, 4) is 0 Å². The van der Waals surface area contributed by atoms with E-state index in [4.69, 9.17) is 0 Å². The number of carbonyl (C=O) groups excluding carboxylic acids is 2. The van der Waals surface area contributed by atoms with Gasteiger partial charge in [0.25, 0.3) is 5.91 Å². The second-order valence-corrected chi connectivity index (χ2v) is 7.91. The summed E-state index contributed by atoms with van der Waals surface area (Å²) >= 11 is 0. The molecule has 0 aromatic heterocycles. The van der Waals surface area contributed by atoms with Gasteiger partial charge in [0.2, 0.25) is 5.91 Å². The predicted octanol–water partition coefficient (Wildman–Crippen LogP) is 4.71. The summed E-state index contributed by atoms with van der Waals surface area (Å²) in [5, 5.41) is 5.46. The minimum Gasteiger partial charge on any atom is -0.349 e. The summed E-state index contributed by atoms with van der Waals surface area (Å²) in [5.74, 6) is -0.546. The summed E-state index contributed by atoms with van der Waals surface area (Å²) < 4.78 is 13.1. The molecule has 0 bridgehead atoms. The standard InChI is InChI=1S/C25H25FN2O2/c1-17(21-7-6-18-4-2-3-5-22(18)16-21)27-24(29)19-12-14-28(15-13-19)25(30)20-8-10-23(26)11-9-20/h2-11,16-17,19H,12-15H2,1H3,(H,27,29). The zero-order chi connectivity index (χ0) is 21.1. The van der Waals surface area contributed by atoms with Gasteiger partial charge in [0, 0.05) is 24.6 Å². The van der Waals surface area contributed by atoms with Crippen LogP contribution in [0.1, 0.15) is 41.7 Å². The average Bonchev–Trinajstić information content (AvgIpc) is 2.79. The van der Waals surface area contributed by atoms with Crippen molar-refractivity contribution in [1.82, 2.24) is 10.2 Å². The molecular weight excluding hydrogens is 379 g/mol. The molecule has 0 saturated carbocycles. The van der Waals surface area contributed by atoms with E-state index in [9.17, 15) is 14.0 Å². The van der Waals surface area contributed by atoms with Crippen LogP contribution in [0.15, 0.2) is 66.7 Å². The second kappa shape index (κ2) is 8.66. The lowest BCUT2D eigenvalue weighted by molar-refractivity contribution is -0.126. The molecule has 1 unspecified atom stereocenters. The normalized spacial score (nSPS) is 15.7. The zero-order valence-corrected chi connectivity index (χ0v) is 17.0. The fourth-order valence-electron chi connectivity index (χ4n) is 4.01. The largest absolute Gasteiger partial charge is 0.349 e. The third-order valence-electron chi connectivity index (χ3n) is 5.88. The molecule has 154 valence electrons. The van der Waals surface area contributed by atoms with Crippen LogP contribution in [-0.2, 0) is 4.79 Å².